The first-order chi connectivity index (χ1) is 15.0. The van der Waals surface area contributed by atoms with Crippen molar-refractivity contribution in [3.05, 3.63) is 29.3 Å². The first-order valence-electron chi connectivity index (χ1n) is 12.2. The van der Waals surface area contributed by atoms with Gasteiger partial charge in [-0.15, -0.1) is 0 Å². The number of nitrogens with zero attached hydrogens (tertiary/aromatic N) is 3. The molecule has 2 saturated heterocycles. The van der Waals surface area contributed by atoms with Crippen molar-refractivity contribution in [2.75, 3.05) is 44.6 Å². The average molecular weight is 427 g/mol. The Morgan fingerprint density at radius 1 is 1.03 bits per heavy atom. The topological polar surface area (TPSA) is 55.9 Å². The number of rotatable bonds is 6. The van der Waals surface area contributed by atoms with Crippen molar-refractivity contribution in [3.8, 4) is 0 Å². The lowest BCUT2D eigenvalue weighted by Gasteiger charge is -2.42. The van der Waals surface area contributed by atoms with E-state index in [4.69, 9.17) is 0 Å². The van der Waals surface area contributed by atoms with Gasteiger partial charge in [0.05, 0.1) is 0 Å². The maximum atomic E-state index is 13.3. The molecule has 0 aromatic heterocycles. The number of carbonyl (C=O) groups is 2. The van der Waals surface area contributed by atoms with Gasteiger partial charge in [0.1, 0.15) is 0 Å². The SMILES string of the molecule is Cc1ccc(C)c(NC(=O)N2CCC[C@H](N(CCN3CCCC3)C(=O)C3CCC3)C2)c1. The molecule has 3 aliphatic rings. The highest BCUT2D eigenvalue weighted by Crippen LogP contribution is 2.30. The third-order valence-corrected chi connectivity index (χ3v) is 7.35. The molecule has 3 fully saturated rings. The normalized spacial score (nSPS) is 22.3. The highest BCUT2D eigenvalue weighted by Gasteiger charge is 2.36. The number of aryl methyl sites for hydroxylation is 2. The number of benzene rings is 1. The van der Waals surface area contributed by atoms with Gasteiger partial charge in [0, 0.05) is 43.8 Å². The van der Waals surface area contributed by atoms with E-state index in [0.29, 0.717) is 12.5 Å². The monoisotopic (exact) mass is 426 g/mol. The lowest BCUT2D eigenvalue weighted by Crippen LogP contribution is -2.55. The maximum absolute atomic E-state index is 13.3. The Morgan fingerprint density at radius 2 is 1.81 bits per heavy atom. The maximum Gasteiger partial charge on any atom is 0.321 e. The van der Waals surface area contributed by atoms with Crippen molar-refractivity contribution in [2.45, 2.75) is 64.8 Å². The van der Waals surface area contributed by atoms with Gasteiger partial charge >= 0.3 is 6.03 Å². The molecule has 31 heavy (non-hydrogen) atoms. The summed E-state index contributed by atoms with van der Waals surface area (Å²) in [5.41, 5.74) is 3.08. The van der Waals surface area contributed by atoms with Crippen LogP contribution >= 0.6 is 0 Å². The van der Waals surface area contributed by atoms with E-state index in [1.807, 2.05) is 30.9 Å². The van der Waals surface area contributed by atoms with E-state index in [1.54, 1.807) is 0 Å². The minimum absolute atomic E-state index is 0.0472. The van der Waals surface area contributed by atoms with Crippen LogP contribution in [-0.4, -0.2) is 71.9 Å². The largest absolute Gasteiger partial charge is 0.336 e. The fourth-order valence-corrected chi connectivity index (χ4v) is 5.08. The third kappa shape index (κ3) is 5.40. The van der Waals surface area contributed by atoms with Gasteiger partial charge in [-0.25, -0.2) is 4.79 Å². The third-order valence-electron chi connectivity index (χ3n) is 7.35. The van der Waals surface area contributed by atoms with Gasteiger partial charge < -0.3 is 20.0 Å². The minimum atomic E-state index is -0.0472. The van der Waals surface area contributed by atoms with Crippen LogP contribution in [0, 0.1) is 19.8 Å². The van der Waals surface area contributed by atoms with E-state index in [1.165, 1.54) is 19.3 Å². The summed E-state index contributed by atoms with van der Waals surface area (Å²) in [6, 6.07) is 6.22. The Labute approximate surface area is 187 Å². The molecule has 6 heteroatoms. The quantitative estimate of drug-likeness (QED) is 0.747. The van der Waals surface area contributed by atoms with E-state index in [0.717, 1.165) is 75.2 Å². The van der Waals surface area contributed by atoms with Crippen LogP contribution in [-0.2, 0) is 4.79 Å². The second-order valence-corrected chi connectivity index (χ2v) is 9.70. The van der Waals surface area contributed by atoms with Crippen LogP contribution < -0.4 is 5.32 Å². The number of anilines is 1. The molecule has 0 bridgehead atoms. The molecule has 170 valence electrons. The summed E-state index contributed by atoms with van der Waals surface area (Å²) >= 11 is 0. The van der Waals surface area contributed by atoms with E-state index in [-0.39, 0.29) is 18.0 Å². The van der Waals surface area contributed by atoms with Crippen molar-refractivity contribution in [1.82, 2.24) is 14.7 Å². The number of carbonyl (C=O) groups excluding carboxylic acids is 2. The predicted octanol–water partition coefficient (Wildman–Crippen LogP) is 4.02. The number of hydrogen-bond acceptors (Lipinski definition) is 3. The summed E-state index contributed by atoms with van der Waals surface area (Å²) in [4.78, 5) is 32.8. The molecule has 6 nitrogen and oxygen atoms in total. The van der Waals surface area contributed by atoms with Crippen LogP contribution in [0.3, 0.4) is 0 Å². The predicted molar refractivity (Wildman–Crippen MR) is 124 cm³/mol. The van der Waals surface area contributed by atoms with E-state index < -0.39 is 0 Å². The molecule has 1 aliphatic carbocycles. The van der Waals surface area contributed by atoms with Crippen molar-refractivity contribution >= 4 is 17.6 Å². The molecule has 1 N–H and O–H groups in total. The molecular formula is C25H38N4O2. The molecule has 4 rings (SSSR count). The molecule has 1 aromatic rings. The Bertz CT molecular complexity index is 786. The summed E-state index contributed by atoms with van der Waals surface area (Å²) in [5.74, 6) is 0.532. The zero-order valence-electron chi connectivity index (χ0n) is 19.2. The van der Waals surface area contributed by atoms with Gasteiger partial charge in [-0.05, 0) is 82.7 Å². The van der Waals surface area contributed by atoms with E-state index in [9.17, 15) is 9.59 Å². The van der Waals surface area contributed by atoms with Crippen molar-refractivity contribution in [3.63, 3.8) is 0 Å². The highest BCUT2D eigenvalue weighted by atomic mass is 16.2. The van der Waals surface area contributed by atoms with Gasteiger partial charge in [0.25, 0.3) is 0 Å². The number of amides is 3. The lowest BCUT2D eigenvalue weighted by molar-refractivity contribution is -0.141. The summed E-state index contributed by atoms with van der Waals surface area (Å²) < 4.78 is 0. The van der Waals surface area contributed by atoms with Gasteiger partial charge in [0.2, 0.25) is 5.91 Å². The number of hydrogen-bond donors (Lipinski definition) is 1. The Balaban J connectivity index is 1.41. The first-order valence-corrected chi connectivity index (χ1v) is 12.2. The second kappa shape index (κ2) is 10.0. The fourth-order valence-electron chi connectivity index (χ4n) is 5.08. The number of likely N-dealkylation sites (tertiary alicyclic amines) is 2. The smallest absolute Gasteiger partial charge is 0.321 e. The molecule has 0 spiro atoms. The molecule has 0 radical (unpaired) electrons. The summed E-state index contributed by atoms with van der Waals surface area (Å²) in [6.07, 6.45) is 7.71. The fraction of sp³-hybridized carbons (Fsp3) is 0.680. The minimum Gasteiger partial charge on any atom is -0.336 e. The van der Waals surface area contributed by atoms with Crippen LogP contribution in [0.4, 0.5) is 10.5 Å². The number of urea groups is 1. The standard InChI is InChI=1S/C25H38N4O2/c1-19-10-11-20(2)23(17-19)26-25(31)28-14-6-9-22(18-28)29(24(30)21-7-5-8-21)16-15-27-12-3-4-13-27/h10-11,17,21-22H,3-9,12-16,18H2,1-2H3,(H,26,31)/t22-/m0/s1. The summed E-state index contributed by atoms with van der Waals surface area (Å²) in [6.45, 7) is 9.51. The van der Waals surface area contributed by atoms with Crippen LogP contribution in [0.2, 0.25) is 0 Å². The zero-order valence-corrected chi connectivity index (χ0v) is 19.2. The molecule has 3 amide bonds. The Kier molecular flexibility index (Phi) is 7.16. The molecule has 1 saturated carbocycles. The molecule has 2 heterocycles. The van der Waals surface area contributed by atoms with Gasteiger partial charge in [-0.2, -0.15) is 0 Å². The Morgan fingerprint density at radius 3 is 2.52 bits per heavy atom. The summed E-state index contributed by atoms with van der Waals surface area (Å²) in [7, 11) is 0. The lowest BCUT2D eigenvalue weighted by atomic mass is 9.83. The van der Waals surface area contributed by atoms with E-state index in [2.05, 4.69) is 21.2 Å². The number of piperidine rings is 1. The van der Waals surface area contributed by atoms with Crippen LogP contribution in [0.5, 0.6) is 0 Å². The second-order valence-electron chi connectivity index (χ2n) is 9.70. The zero-order chi connectivity index (χ0) is 21.8. The van der Waals surface area contributed by atoms with Crippen LogP contribution in [0.15, 0.2) is 18.2 Å². The average Bonchev–Trinajstić information content (AvgIpc) is 3.23. The van der Waals surface area contributed by atoms with Crippen molar-refractivity contribution in [1.29, 1.82) is 0 Å². The molecular weight excluding hydrogens is 388 g/mol. The van der Waals surface area contributed by atoms with E-state index >= 15 is 0 Å². The van der Waals surface area contributed by atoms with Crippen molar-refractivity contribution < 1.29 is 9.59 Å². The number of nitrogens with one attached hydrogen (secondary N) is 1. The van der Waals surface area contributed by atoms with Gasteiger partial charge in [-0.1, -0.05) is 18.6 Å². The van der Waals surface area contributed by atoms with Gasteiger partial charge in [-0.3, -0.25) is 4.79 Å². The van der Waals surface area contributed by atoms with Crippen molar-refractivity contribution in [2.24, 2.45) is 5.92 Å². The Hall–Kier alpha value is -2.08. The van der Waals surface area contributed by atoms with Crippen LogP contribution in [0.25, 0.3) is 0 Å². The summed E-state index contributed by atoms with van der Waals surface area (Å²) in [5, 5.41) is 3.11. The van der Waals surface area contributed by atoms with Gasteiger partial charge in [0.15, 0.2) is 0 Å². The molecule has 1 aromatic carbocycles. The molecule has 0 unspecified atom stereocenters. The first kappa shape index (κ1) is 22.1. The molecule has 2 aliphatic heterocycles. The molecule has 1 atom stereocenters. The van der Waals surface area contributed by atoms with Crippen LogP contribution in [0.1, 0.15) is 56.1 Å². The highest BCUT2D eigenvalue weighted by molar-refractivity contribution is 5.90.